The van der Waals surface area contributed by atoms with Gasteiger partial charge in [-0.2, -0.15) is 0 Å². The average Bonchev–Trinajstić information content (AvgIpc) is 2.58. The van der Waals surface area contributed by atoms with Gasteiger partial charge in [-0.15, -0.1) is 12.4 Å². The van der Waals surface area contributed by atoms with E-state index in [0.717, 1.165) is 6.08 Å². The first-order valence-corrected chi connectivity index (χ1v) is 4.29. The van der Waals surface area contributed by atoms with Crippen molar-refractivity contribution in [1.82, 2.24) is 4.90 Å². The van der Waals surface area contributed by atoms with Gasteiger partial charge >= 0.3 is 5.97 Å². The second-order valence-electron chi connectivity index (χ2n) is 3.12. The second kappa shape index (κ2) is 5.72. The van der Waals surface area contributed by atoms with Crippen molar-refractivity contribution in [2.24, 2.45) is 0 Å². The zero-order chi connectivity index (χ0) is 10.7. The minimum Gasteiger partial charge on any atom is -0.467 e. The molecule has 0 unspecified atom stereocenters. The predicted octanol–water partition coefficient (Wildman–Crippen LogP) is -0.271. The number of aliphatic hydroxyl groups is 1. The lowest BCUT2D eigenvalue weighted by atomic mass is 10.2. The summed E-state index contributed by atoms with van der Waals surface area (Å²) in [4.78, 5) is 23.8. The molecule has 1 aliphatic rings. The maximum absolute atomic E-state index is 11.3. The lowest BCUT2D eigenvalue weighted by Gasteiger charge is -2.20. The van der Waals surface area contributed by atoms with E-state index in [0.29, 0.717) is 0 Å². The SMILES string of the molecule is C=CC(=O)N1C[C@H](O)C[C@H]1C(=O)OC.Cl. The lowest BCUT2D eigenvalue weighted by Crippen LogP contribution is -2.40. The maximum Gasteiger partial charge on any atom is 0.328 e. The predicted molar refractivity (Wildman–Crippen MR) is 55.6 cm³/mol. The number of amides is 1. The fourth-order valence-corrected chi connectivity index (χ4v) is 1.53. The van der Waals surface area contributed by atoms with Crippen LogP contribution in [0.4, 0.5) is 0 Å². The molecule has 0 saturated carbocycles. The molecule has 0 aliphatic carbocycles. The number of likely N-dealkylation sites (tertiary alicyclic amines) is 1. The van der Waals surface area contributed by atoms with Crippen molar-refractivity contribution in [3.8, 4) is 0 Å². The Morgan fingerprint density at radius 3 is 2.67 bits per heavy atom. The molecule has 1 saturated heterocycles. The van der Waals surface area contributed by atoms with Gasteiger partial charge in [0, 0.05) is 13.0 Å². The number of β-amino-alcohol motifs (C(OH)–C–C–N with tert-alkyl or cyclic N) is 1. The van der Waals surface area contributed by atoms with Crippen LogP contribution in [0.2, 0.25) is 0 Å². The fraction of sp³-hybridized carbons (Fsp3) is 0.556. The van der Waals surface area contributed by atoms with Crippen LogP contribution in [0.1, 0.15) is 6.42 Å². The quantitative estimate of drug-likeness (QED) is 0.529. The summed E-state index contributed by atoms with van der Waals surface area (Å²) in [6.45, 7) is 3.48. The molecule has 0 aromatic rings. The third kappa shape index (κ3) is 2.94. The molecule has 1 rings (SSSR count). The van der Waals surface area contributed by atoms with Gasteiger partial charge < -0.3 is 14.7 Å². The van der Waals surface area contributed by atoms with Crippen LogP contribution in [0.15, 0.2) is 12.7 Å². The highest BCUT2D eigenvalue weighted by Crippen LogP contribution is 2.19. The zero-order valence-electron chi connectivity index (χ0n) is 8.38. The average molecular weight is 236 g/mol. The minimum atomic E-state index is -0.680. The molecule has 6 heteroatoms. The van der Waals surface area contributed by atoms with Crippen LogP contribution in [-0.4, -0.2) is 47.7 Å². The van der Waals surface area contributed by atoms with E-state index >= 15 is 0 Å². The molecule has 5 nitrogen and oxygen atoms in total. The van der Waals surface area contributed by atoms with Gasteiger partial charge in [-0.05, 0) is 6.08 Å². The third-order valence-electron chi connectivity index (χ3n) is 2.21. The normalized spacial score (nSPS) is 24.3. The summed E-state index contributed by atoms with van der Waals surface area (Å²) in [6.07, 6.45) is 0.684. The summed E-state index contributed by atoms with van der Waals surface area (Å²) >= 11 is 0. The molecule has 86 valence electrons. The number of halogens is 1. The Kier molecular flexibility index (Phi) is 5.32. The first-order valence-electron chi connectivity index (χ1n) is 4.29. The summed E-state index contributed by atoms with van der Waals surface area (Å²) in [5.41, 5.74) is 0. The van der Waals surface area contributed by atoms with Crippen LogP contribution < -0.4 is 0 Å². The van der Waals surface area contributed by atoms with Crippen molar-refractivity contribution < 1.29 is 19.4 Å². The fourth-order valence-electron chi connectivity index (χ4n) is 1.53. The first-order chi connectivity index (χ1) is 6.60. The molecule has 1 aliphatic heterocycles. The van der Waals surface area contributed by atoms with E-state index in [4.69, 9.17) is 0 Å². The smallest absolute Gasteiger partial charge is 0.328 e. The number of nitrogens with zero attached hydrogens (tertiary/aromatic N) is 1. The number of hydrogen-bond acceptors (Lipinski definition) is 4. The van der Waals surface area contributed by atoms with Gasteiger partial charge in [-0.25, -0.2) is 4.79 Å². The van der Waals surface area contributed by atoms with E-state index in [1.807, 2.05) is 0 Å². The van der Waals surface area contributed by atoms with Gasteiger partial charge in [0.2, 0.25) is 5.91 Å². The zero-order valence-corrected chi connectivity index (χ0v) is 9.20. The lowest BCUT2D eigenvalue weighted by molar-refractivity contribution is -0.149. The third-order valence-corrected chi connectivity index (χ3v) is 2.21. The summed E-state index contributed by atoms with van der Waals surface area (Å²) in [7, 11) is 1.25. The molecule has 0 radical (unpaired) electrons. The largest absolute Gasteiger partial charge is 0.467 e. The monoisotopic (exact) mass is 235 g/mol. The Morgan fingerprint density at radius 2 is 2.20 bits per heavy atom. The van der Waals surface area contributed by atoms with E-state index in [1.54, 1.807) is 0 Å². The molecule has 2 atom stereocenters. The number of methoxy groups -OCH3 is 1. The van der Waals surface area contributed by atoms with Crippen molar-refractivity contribution in [2.75, 3.05) is 13.7 Å². The Labute approximate surface area is 94.1 Å². The van der Waals surface area contributed by atoms with Crippen LogP contribution in [0.25, 0.3) is 0 Å². The number of carbonyl (C=O) groups is 2. The minimum absolute atomic E-state index is 0. The van der Waals surface area contributed by atoms with Crippen LogP contribution in [0, 0.1) is 0 Å². The molecule has 1 N–H and O–H groups in total. The molecule has 0 aromatic carbocycles. The molecular weight excluding hydrogens is 222 g/mol. The van der Waals surface area contributed by atoms with Gasteiger partial charge in [-0.1, -0.05) is 6.58 Å². The van der Waals surface area contributed by atoms with Gasteiger partial charge in [0.1, 0.15) is 6.04 Å². The standard InChI is InChI=1S/C9H13NO4.ClH/c1-3-8(12)10-5-6(11)4-7(10)9(13)14-2;/h3,6-7,11H,1,4-5H2,2H3;1H/t6-,7+;/m1./s1. The van der Waals surface area contributed by atoms with Crippen molar-refractivity contribution >= 4 is 24.3 Å². The topological polar surface area (TPSA) is 66.8 Å². The molecule has 0 spiro atoms. The number of carbonyl (C=O) groups excluding carboxylic acids is 2. The summed E-state index contributed by atoms with van der Waals surface area (Å²) in [6, 6.07) is -0.680. The number of rotatable bonds is 2. The van der Waals surface area contributed by atoms with Crippen LogP contribution in [0.3, 0.4) is 0 Å². The Bertz CT molecular complexity index is 269. The van der Waals surface area contributed by atoms with Crippen molar-refractivity contribution in [2.45, 2.75) is 18.6 Å². The highest BCUT2D eigenvalue weighted by molar-refractivity contribution is 5.91. The van der Waals surface area contributed by atoms with Crippen LogP contribution in [0.5, 0.6) is 0 Å². The van der Waals surface area contributed by atoms with Crippen molar-refractivity contribution in [3.05, 3.63) is 12.7 Å². The summed E-state index contributed by atoms with van der Waals surface area (Å²) in [5, 5.41) is 9.32. The Hall–Kier alpha value is -1.07. The van der Waals surface area contributed by atoms with Crippen molar-refractivity contribution in [3.63, 3.8) is 0 Å². The maximum atomic E-state index is 11.3. The molecule has 15 heavy (non-hydrogen) atoms. The van der Waals surface area contributed by atoms with E-state index < -0.39 is 18.1 Å². The highest BCUT2D eigenvalue weighted by Gasteiger charge is 2.38. The summed E-state index contributed by atoms with van der Waals surface area (Å²) in [5.74, 6) is -0.867. The van der Waals surface area contributed by atoms with Crippen molar-refractivity contribution in [1.29, 1.82) is 0 Å². The van der Waals surface area contributed by atoms with E-state index in [1.165, 1.54) is 12.0 Å². The van der Waals surface area contributed by atoms with Gasteiger partial charge in [0.15, 0.2) is 0 Å². The molecule has 1 amide bonds. The Balaban J connectivity index is 0.00000196. The highest BCUT2D eigenvalue weighted by atomic mass is 35.5. The Morgan fingerprint density at radius 1 is 1.60 bits per heavy atom. The number of ether oxygens (including phenoxy) is 1. The molecule has 1 heterocycles. The second-order valence-corrected chi connectivity index (χ2v) is 3.12. The first kappa shape index (κ1) is 13.9. The number of aliphatic hydroxyl groups excluding tert-OH is 1. The molecular formula is C9H14ClNO4. The van der Waals surface area contributed by atoms with Gasteiger partial charge in [0.25, 0.3) is 0 Å². The van der Waals surface area contributed by atoms with Crippen LogP contribution >= 0.6 is 12.4 Å². The number of hydrogen-bond donors (Lipinski definition) is 1. The number of esters is 1. The van der Waals surface area contributed by atoms with Gasteiger partial charge in [0.05, 0.1) is 13.2 Å². The van der Waals surface area contributed by atoms with Gasteiger partial charge in [-0.3, -0.25) is 4.79 Å². The molecule has 1 fully saturated rings. The summed E-state index contributed by atoms with van der Waals surface area (Å²) < 4.78 is 4.53. The van der Waals surface area contributed by atoms with E-state index in [2.05, 4.69) is 11.3 Å². The van der Waals surface area contributed by atoms with Crippen LogP contribution in [-0.2, 0) is 14.3 Å². The van der Waals surface area contributed by atoms with E-state index in [-0.39, 0.29) is 31.3 Å². The van der Waals surface area contributed by atoms with E-state index in [9.17, 15) is 14.7 Å². The molecule has 0 aromatic heterocycles. The molecule has 0 bridgehead atoms.